The monoisotopic (exact) mass is 438 g/mol. The number of rotatable bonds is 6. The number of benzene rings is 1. The maximum Gasteiger partial charge on any atom is 0.343 e. The predicted octanol–water partition coefficient (Wildman–Crippen LogP) is 3.35. The number of amides is 1. The molecule has 0 spiro atoms. The Balaban J connectivity index is 2.00. The fraction of sp³-hybridized carbons (Fsp3) is 0.294. The number of halogens is 1. The molecule has 9 heteroatoms. The lowest BCUT2D eigenvalue weighted by Gasteiger charge is -2.12. The molecule has 138 valence electrons. The van der Waals surface area contributed by atoms with E-state index in [2.05, 4.69) is 31.2 Å². The molecule has 0 aliphatic carbocycles. The fourth-order valence-corrected chi connectivity index (χ4v) is 3.54. The summed E-state index contributed by atoms with van der Waals surface area (Å²) >= 11 is 4.56. The van der Waals surface area contributed by atoms with E-state index in [0.29, 0.717) is 5.16 Å². The summed E-state index contributed by atoms with van der Waals surface area (Å²) < 4.78 is 5.83. The number of hydrogen-bond donors (Lipinski definition) is 2. The van der Waals surface area contributed by atoms with Crippen LogP contribution in [-0.4, -0.2) is 34.2 Å². The highest BCUT2D eigenvalue weighted by atomic mass is 79.9. The second-order valence-corrected chi connectivity index (χ2v) is 7.28. The lowest BCUT2D eigenvalue weighted by Crippen LogP contribution is -2.16. The molecule has 0 aliphatic rings. The largest absolute Gasteiger partial charge is 0.462 e. The van der Waals surface area contributed by atoms with Crippen LogP contribution in [0.1, 0.15) is 28.4 Å². The van der Waals surface area contributed by atoms with Gasteiger partial charge in [0, 0.05) is 16.4 Å². The molecule has 1 heterocycles. The second-order valence-electron chi connectivity index (χ2n) is 5.42. The lowest BCUT2D eigenvalue weighted by molar-refractivity contribution is -0.113. The van der Waals surface area contributed by atoms with Gasteiger partial charge in [0.05, 0.1) is 12.4 Å². The highest BCUT2D eigenvalue weighted by Gasteiger charge is 2.15. The van der Waals surface area contributed by atoms with Crippen molar-refractivity contribution in [3.8, 4) is 0 Å². The van der Waals surface area contributed by atoms with E-state index in [9.17, 15) is 9.59 Å². The smallest absolute Gasteiger partial charge is 0.343 e. The van der Waals surface area contributed by atoms with E-state index in [1.54, 1.807) is 6.92 Å². The molecule has 7 nitrogen and oxygen atoms in total. The summed E-state index contributed by atoms with van der Waals surface area (Å²) in [5, 5.41) is 3.21. The first-order valence-corrected chi connectivity index (χ1v) is 9.58. The Labute approximate surface area is 164 Å². The van der Waals surface area contributed by atoms with Gasteiger partial charge < -0.3 is 15.8 Å². The van der Waals surface area contributed by atoms with Gasteiger partial charge in [0.25, 0.3) is 0 Å². The van der Waals surface area contributed by atoms with E-state index in [1.807, 2.05) is 26.0 Å². The number of carbonyl (C=O) groups excluding carboxylic acids is 2. The Hall–Kier alpha value is -2.13. The van der Waals surface area contributed by atoms with E-state index < -0.39 is 5.97 Å². The van der Waals surface area contributed by atoms with Crippen LogP contribution in [0.4, 0.5) is 11.5 Å². The van der Waals surface area contributed by atoms with Crippen molar-refractivity contribution >= 4 is 51.1 Å². The minimum absolute atomic E-state index is 0.0287. The van der Waals surface area contributed by atoms with Gasteiger partial charge in [0.15, 0.2) is 5.16 Å². The average Bonchev–Trinajstić information content (AvgIpc) is 2.56. The molecule has 26 heavy (non-hydrogen) atoms. The number of nitrogens with two attached hydrogens (primary N) is 1. The zero-order valence-electron chi connectivity index (χ0n) is 14.6. The molecule has 2 rings (SSSR count). The number of nitrogens with one attached hydrogen (secondary N) is 1. The molecule has 2 aromatic rings. The van der Waals surface area contributed by atoms with Crippen LogP contribution in [0.2, 0.25) is 0 Å². The fourth-order valence-electron chi connectivity index (χ4n) is 2.23. The Bertz CT molecular complexity index is 822. The number of hydrogen-bond acceptors (Lipinski definition) is 7. The SMILES string of the molecule is CCOC(=O)c1cnc(SCC(=O)Nc2c(C)cc(Br)cc2C)nc1N. The van der Waals surface area contributed by atoms with Crippen molar-refractivity contribution < 1.29 is 14.3 Å². The van der Waals surface area contributed by atoms with E-state index >= 15 is 0 Å². The van der Waals surface area contributed by atoms with Crippen LogP contribution in [-0.2, 0) is 9.53 Å². The number of esters is 1. The molecule has 0 saturated heterocycles. The van der Waals surface area contributed by atoms with Crippen LogP contribution in [0.3, 0.4) is 0 Å². The summed E-state index contributed by atoms with van der Waals surface area (Å²) in [4.78, 5) is 32.0. The molecule has 1 aromatic carbocycles. The van der Waals surface area contributed by atoms with Gasteiger partial charge in [-0.2, -0.15) is 0 Å². The van der Waals surface area contributed by atoms with Crippen LogP contribution < -0.4 is 11.1 Å². The van der Waals surface area contributed by atoms with Crippen LogP contribution in [0, 0.1) is 13.8 Å². The lowest BCUT2D eigenvalue weighted by atomic mass is 10.1. The van der Waals surface area contributed by atoms with Gasteiger partial charge >= 0.3 is 5.97 Å². The molecule has 0 fully saturated rings. The van der Waals surface area contributed by atoms with Crippen molar-refractivity contribution in [2.75, 3.05) is 23.4 Å². The Morgan fingerprint density at radius 1 is 1.31 bits per heavy atom. The minimum Gasteiger partial charge on any atom is -0.462 e. The van der Waals surface area contributed by atoms with Crippen molar-refractivity contribution in [3.05, 3.63) is 39.5 Å². The normalized spacial score (nSPS) is 10.5. The molecular formula is C17H19BrN4O3S. The van der Waals surface area contributed by atoms with Gasteiger partial charge in [0.1, 0.15) is 11.4 Å². The Morgan fingerprint density at radius 3 is 2.54 bits per heavy atom. The maximum absolute atomic E-state index is 12.2. The van der Waals surface area contributed by atoms with Gasteiger partial charge in [-0.15, -0.1) is 0 Å². The quantitative estimate of drug-likeness (QED) is 0.404. The second kappa shape index (κ2) is 9.00. The van der Waals surface area contributed by atoms with Crippen LogP contribution in [0.5, 0.6) is 0 Å². The van der Waals surface area contributed by atoms with Gasteiger partial charge in [-0.25, -0.2) is 14.8 Å². The minimum atomic E-state index is -0.569. The van der Waals surface area contributed by atoms with Crippen molar-refractivity contribution in [1.29, 1.82) is 0 Å². The first kappa shape index (κ1) is 20.2. The number of ether oxygens (including phenoxy) is 1. The zero-order valence-corrected chi connectivity index (χ0v) is 17.0. The summed E-state index contributed by atoms with van der Waals surface area (Å²) in [6, 6.07) is 3.88. The topological polar surface area (TPSA) is 107 Å². The van der Waals surface area contributed by atoms with E-state index in [1.165, 1.54) is 6.20 Å². The first-order valence-electron chi connectivity index (χ1n) is 7.80. The number of nitrogen functional groups attached to an aromatic ring is 1. The number of carbonyl (C=O) groups is 2. The number of aromatic nitrogens is 2. The maximum atomic E-state index is 12.2. The van der Waals surface area contributed by atoms with Gasteiger partial charge in [0.2, 0.25) is 5.91 Å². The first-order chi connectivity index (χ1) is 12.3. The molecule has 0 saturated carbocycles. The summed E-state index contributed by atoms with van der Waals surface area (Å²) in [6.07, 6.45) is 1.31. The number of thioether (sulfide) groups is 1. The van der Waals surface area contributed by atoms with Crippen molar-refractivity contribution in [2.45, 2.75) is 25.9 Å². The highest BCUT2D eigenvalue weighted by molar-refractivity contribution is 9.10. The standard InChI is InChI=1S/C17H19BrN4O3S/c1-4-25-16(24)12-7-20-17(22-15(12)19)26-8-13(23)21-14-9(2)5-11(18)6-10(14)3/h5-7H,4,8H2,1-3H3,(H,21,23)(H2,19,20,22). The van der Waals surface area contributed by atoms with Crippen molar-refractivity contribution in [3.63, 3.8) is 0 Å². The van der Waals surface area contributed by atoms with Crippen LogP contribution in [0.15, 0.2) is 28.0 Å². The molecule has 0 unspecified atom stereocenters. The molecule has 0 bridgehead atoms. The molecule has 0 atom stereocenters. The average molecular weight is 439 g/mol. The zero-order chi connectivity index (χ0) is 19.3. The van der Waals surface area contributed by atoms with Crippen LogP contribution in [0.25, 0.3) is 0 Å². The number of aryl methyl sites for hydroxylation is 2. The molecule has 0 radical (unpaired) electrons. The predicted molar refractivity (Wildman–Crippen MR) is 105 cm³/mol. The van der Waals surface area contributed by atoms with E-state index in [4.69, 9.17) is 10.5 Å². The van der Waals surface area contributed by atoms with E-state index in [-0.39, 0.29) is 29.6 Å². The van der Waals surface area contributed by atoms with E-state index in [0.717, 1.165) is 33.0 Å². The Morgan fingerprint density at radius 2 is 1.96 bits per heavy atom. The molecule has 1 amide bonds. The summed E-state index contributed by atoms with van der Waals surface area (Å²) in [6.45, 7) is 5.80. The number of anilines is 2. The third-order valence-electron chi connectivity index (χ3n) is 3.39. The molecule has 1 aromatic heterocycles. The molecule has 3 N–H and O–H groups in total. The third-order valence-corrected chi connectivity index (χ3v) is 4.70. The van der Waals surface area contributed by atoms with Gasteiger partial charge in [-0.1, -0.05) is 27.7 Å². The molecule has 0 aliphatic heterocycles. The van der Waals surface area contributed by atoms with Crippen molar-refractivity contribution in [1.82, 2.24) is 9.97 Å². The summed E-state index contributed by atoms with van der Waals surface area (Å²) in [5.41, 5.74) is 8.60. The van der Waals surface area contributed by atoms with Gasteiger partial charge in [-0.05, 0) is 44.0 Å². The van der Waals surface area contributed by atoms with Crippen LogP contribution >= 0.6 is 27.7 Å². The summed E-state index contributed by atoms with van der Waals surface area (Å²) in [7, 11) is 0. The third kappa shape index (κ3) is 5.18. The van der Waals surface area contributed by atoms with Crippen molar-refractivity contribution in [2.24, 2.45) is 0 Å². The number of nitrogens with zero attached hydrogens (tertiary/aromatic N) is 2. The molecular weight excluding hydrogens is 420 g/mol. The van der Waals surface area contributed by atoms with Gasteiger partial charge in [-0.3, -0.25) is 4.79 Å². The summed E-state index contributed by atoms with van der Waals surface area (Å²) in [5.74, 6) is -0.603. The Kier molecular flexibility index (Phi) is 6.98. The highest BCUT2D eigenvalue weighted by Crippen LogP contribution is 2.25.